The average molecular weight is 357 g/mol. The number of rotatable bonds is 4. The van der Waals surface area contributed by atoms with E-state index in [9.17, 15) is 14.4 Å². The Labute approximate surface area is 151 Å². The summed E-state index contributed by atoms with van der Waals surface area (Å²) in [6.07, 6.45) is 1.16. The van der Waals surface area contributed by atoms with Gasteiger partial charge in [-0.3, -0.25) is 14.4 Å². The van der Waals surface area contributed by atoms with E-state index in [0.29, 0.717) is 49.9 Å². The zero-order chi connectivity index (χ0) is 18.7. The number of likely N-dealkylation sites (tertiary alicyclic amines) is 1. The molecule has 0 N–H and O–H groups in total. The molecule has 1 fully saturated rings. The van der Waals surface area contributed by atoms with Crippen LogP contribution in [0.3, 0.4) is 0 Å². The van der Waals surface area contributed by atoms with E-state index in [1.807, 2.05) is 6.92 Å². The Balaban J connectivity index is 1.86. The molecule has 1 aliphatic heterocycles. The number of benzene rings is 1. The number of hydrogen-bond donors (Lipinski definition) is 0. The van der Waals surface area contributed by atoms with Crippen LogP contribution in [0.4, 0.5) is 0 Å². The predicted molar refractivity (Wildman–Crippen MR) is 96.9 cm³/mol. The van der Waals surface area contributed by atoms with Crippen molar-refractivity contribution in [3.63, 3.8) is 0 Å². The molecule has 2 aromatic rings. The van der Waals surface area contributed by atoms with E-state index in [0.717, 1.165) is 0 Å². The van der Waals surface area contributed by atoms with Crippen LogP contribution in [0.1, 0.15) is 37.2 Å². The molecular formula is C19H23N3O4. The van der Waals surface area contributed by atoms with E-state index in [2.05, 4.69) is 5.10 Å². The summed E-state index contributed by atoms with van der Waals surface area (Å²) in [5, 5.41) is 5.36. The summed E-state index contributed by atoms with van der Waals surface area (Å²) in [5.41, 5.74) is 0.0947. The fourth-order valence-electron chi connectivity index (χ4n) is 3.34. The highest BCUT2D eigenvalue weighted by molar-refractivity contribution is 6.04. The summed E-state index contributed by atoms with van der Waals surface area (Å²) in [7, 11) is 0. The summed E-state index contributed by atoms with van der Waals surface area (Å²) in [6, 6.07) is 7.05. The van der Waals surface area contributed by atoms with Crippen LogP contribution in [0.25, 0.3) is 10.8 Å². The quantitative estimate of drug-likeness (QED) is 0.780. The van der Waals surface area contributed by atoms with Crippen molar-refractivity contribution in [3.05, 3.63) is 40.3 Å². The Morgan fingerprint density at radius 3 is 2.42 bits per heavy atom. The number of piperidine rings is 1. The SMILES string of the molecule is CCOC(=O)C1CCN(C(=O)c2nn(CC)c(=O)c3ccccc23)CC1. The number of fused-ring (bicyclic) bond motifs is 1. The molecule has 0 saturated carbocycles. The molecule has 0 aliphatic carbocycles. The number of aromatic nitrogens is 2. The molecule has 0 unspecified atom stereocenters. The molecule has 1 amide bonds. The molecule has 0 atom stereocenters. The number of ether oxygens (including phenoxy) is 1. The van der Waals surface area contributed by atoms with E-state index in [1.54, 1.807) is 36.1 Å². The number of esters is 1. The van der Waals surface area contributed by atoms with Crippen molar-refractivity contribution in [2.75, 3.05) is 19.7 Å². The summed E-state index contributed by atoms with van der Waals surface area (Å²) < 4.78 is 6.39. The molecular weight excluding hydrogens is 334 g/mol. The average Bonchev–Trinajstić information content (AvgIpc) is 2.68. The predicted octanol–water partition coefficient (Wildman–Crippen LogP) is 1.83. The first kappa shape index (κ1) is 18.1. The summed E-state index contributed by atoms with van der Waals surface area (Å²) in [4.78, 5) is 39.0. The van der Waals surface area contributed by atoms with Gasteiger partial charge in [0.25, 0.3) is 11.5 Å². The van der Waals surface area contributed by atoms with Gasteiger partial charge in [-0.15, -0.1) is 0 Å². The topological polar surface area (TPSA) is 81.5 Å². The van der Waals surface area contributed by atoms with Crippen molar-refractivity contribution >= 4 is 22.6 Å². The fraction of sp³-hybridized carbons (Fsp3) is 0.474. The molecule has 0 radical (unpaired) electrons. The monoisotopic (exact) mass is 357 g/mol. The molecule has 1 aromatic heterocycles. The third kappa shape index (κ3) is 3.34. The maximum Gasteiger partial charge on any atom is 0.309 e. The van der Waals surface area contributed by atoms with Gasteiger partial charge in [0.05, 0.1) is 17.9 Å². The lowest BCUT2D eigenvalue weighted by atomic mass is 9.96. The molecule has 1 aliphatic rings. The molecule has 7 nitrogen and oxygen atoms in total. The first-order chi connectivity index (χ1) is 12.6. The molecule has 1 saturated heterocycles. The molecule has 0 bridgehead atoms. The Morgan fingerprint density at radius 2 is 1.81 bits per heavy atom. The van der Waals surface area contributed by atoms with Crippen LogP contribution in [-0.2, 0) is 16.1 Å². The van der Waals surface area contributed by atoms with E-state index in [1.165, 1.54) is 4.68 Å². The fourth-order valence-corrected chi connectivity index (χ4v) is 3.34. The first-order valence-corrected chi connectivity index (χ1v) is 9.02. The number of amides is 1. The second-order valence-electron chi connectivity index (χ2n) is 6.33. The Hall–Kier alpha value is -2.70. The Kier molecular flexibility index (Phi) is 5.35. The summed E-state index contributed by atoms with van der Waals surface area (Å²) in [5.74, 6) is -0.554. The van der Waals surface area contributed by atoms with E-state index in [4.69, 9.17) is 4.74 Å². The maximum absolute atomic E-state index is 13.0. The van der Waals surface area contributed by atoms with Gasteiger partial charge < -0.3 is 9.64 Å². The van der Waals surface area contributed by atoms with Gasteiger partial charge in [-0.05, 0) is 32.8 Å². The largest absolute Gasteiger partial charge is 0.466 e. The Morgan fingerprint density at radius 1 is 1.15 bits per heavy atom. The van der Waals surface area contributed by atoms with E-state index < -0.39 is 0 Å². The van der Waals surface area contributed by atoms with Crippen molar-refractivity contribution < 1.29 is 14.3 Å². The highest BCUT2D eigenvalue weighted by Gasteiger charge is 2.30. The van der Waals surface area contributed by atoms with Gasteiger partial charge in [-0.2, -0.15) is 5.10 Å². The standard InChI is InChI=1S/C19H23N3O4/c1-3-22-17(23)15-8-6-5-7-14(15)16(20-22)18(24)21-11-9-13(10-12-21)19(25)26-4-2/h5-8,13H,3-4,9-12H2,1-2H3. The molecule has 138 valence electrons. The van der Waals surface area contributed by atoms with E-state index >= 15 is 0 Å². The minimum absolute atomic E-state index is 0.159. The molecule has 3 rings (SSSR count). The van der Waals surface area contributed by atoms with Crippen molar-refractivity contribution in [2.24, 2.45) is 5.92 Å². The summed E-state index contributed by atoms with van der Waals surface area (Å²) >= 11 is 0. The lowest BCUT2D eigenvalue weighted by Crippen LogP contribution is -2.41. The first-order valence-electron chi connectivity index (χ1n) is 9.02. The van der Waals surface area contributed by atoms with Gasteiger partial charge in [0, 0.05) is 25.0 Å². The van der Waals surface area contributed by atoms with Crippen LogP contribution in [0.2, 0.25) is 0 Å². The van der Waals surface area contributed by atoms with Crippen molar-refractivity contribution in [1.82, 2.24) is 14.7 Å². The van der Waals surface area contributed by atoms with Crippen LogP contribution in [0.5, 0.6) is 0 Å². The molecule has 2 heterocycles. The smallest absolute Gasteiger partial charge is 0.309 e. The minimum atomic E-state index is -0.203. The van der Waals surface area contributed by atoms with Crippen LogP contribution >= 0.6 is 0 Å². The second-order valence-corrected chi connectivity index (χ2v) is 6.33. The molecule has 0 spiro atoms. The second kappa shape index (κ2) is 7.68. The van der Waals surface area contributed by atoms with Crippen molar-refractivity contribution in [1.29, 1.82) is 0 Å². The van der Waals surface area contributed by atoms with Crippen molar-refractivity contribution in [2.45, 2.75) is 33.2 Å². The van der Waals surface area contributed by atoms with Gasteiger partial charge in [-0.1, -0.05) is 18.2 Å². The van der Waals surface area contributed by atoms with Crippen LogP contribution in [0.15, 0.2) is 29.1 Å². The van der Waals surface area contributed by atoms with Crippen molar-refractivity contribution in [3.8, 4) is 0 Å². The van der Waals surface area contributed by atoms with Crippen LogP contribution in [-0.4, -0.2) is 46.3 Å². The maximum atomic E-state index is 13.0. The van der Waals surface area contributed by atoms with Gasteiger partial charge in [0.2, 0.25) is 0 Å². The number of hydrogen-bond acceptors (Lipinski definition) is 5. The van der Waals surface area contributed by atoms with Gasteiger partial charge in [0.1, 0.15) is 0 Å². The third-order valence-electron chi connectivity index (χ3n) is 4.77. The van der Waals surface area contributed by atoms with Gasteiger partial charge in [-0.25, -0.2) is 4.68 Å². The summed E-state index contributed by atoms with van der Waals surface area (Å²) in [6.45, 7) is 5.33. The third-order valence-corrected chi connectivity index (χ3v) is 4.77. The zero-order valence-electron chi connectivity index (χ0n) is 15.1. The molecule has 26 heavy (non-hydrogen) atoms. The zero-order valence-corrected chi connectivity index (χ0v) is 15.1. The number of carbonyl (C=O) groups excluding carboxylic acids is 2. The lowest BCUT2D eigenvalue weighted by molar-refractivity contribution is -0.149. The highest BCUT2D eigenvalue weighted by atomic mass is 16.5. The Bertz CT molecular complexity index is 882. The van der Waals surface area contributed by atoms with Crippen LogP contribution < -0.4 is 5.56 Å². The number of aryl methyl sites for hydroxylation is 1. The van der Waals surface area contributed by atoms with E-state index in [-0.39, 0.29) is 29.0 Å². The highest BCUT2D eigenvalue weighted by Crippen LogP contribution is 2.22. The van der Waals surface area contributed by atoms with Gasteiger partial charge in [0.15, 0.2) is 5.69 Å². The minimum Gasteiger partial charge on any atom is -0.466 e. The number of nitrogens with zero attached hydrogens (tertiary/aromatic N) is 3. The number of carbonyl (C=O) groups is 2. The van der Waals surface area contributed by atoms with Gasteiger partial charge >= 0.3 is 5.97 Å². The molecule has 7 heteroatoms. The normalized spacial score (nSPS) is 15.2. The molecule has 1 aromatic carbocycles. The van der Waals surface area contributed by atoms with Crippen LogP contribution in [0, 0.1) is 5.92 Å². The lowest BCUT2D eigenvalue weighted by Gasteiger charge is -2.30.